The first kappa shape index (κ1) is 14.0. The molecule has 18 heavy (non-hydrogen) atoms. The minimum atomic E-state index is -1.10. The largest absolute Gasteiger partial charge is 0.480 e. The van der Waals surface area contributed by atoms with Gasteiger partial charge in [-0.2, -0.15) is 10.4 Å². The molecule has 1 aromatic heterocycles. The van der Waals surface area contributed by atoms with Crippen molar-refractivity contribution >= 4 is 11.8 Å². The Bertz CT molecular complexity index is 501. The molecule has 6 nitrogen and oxygen atoms in total. The number of aliphatic carboxylic acids is 1. The van der Waals surface area contributed by atoms with Crippen LogP contribution in [0.25, 0.3) is 0 Å². The van der Waals surface area contributed by atoms with Crippen molar-refractivity contribution in [2.45, 2.75) is 39.2 Å². The second-order valence-corrected chi connectivity index (χ2v) is 4.56. The molecular weight excluding hydrogens is 232 g/mol. The molecule has 0 fully saturated rings. The van der Waals surface area contributed by atoms with Gasteiger partial charge in [0.25, 0.3) is 0 Å². The highest BCUT2D eigenvalue weighted by molar-refractivity contribution is 5.82. The maximum atomic E-state index is 11.4. The zero-order chi connectivity index (χ0) is 13.9. The van der Waals surface area contributed by atoms with Crippen molar-refractivity contribution < 1.29 is 9.90 Å². The first-order valence-electron chi connectivity index (χ1n) is 5.81. The number of aryl methyl sites for hydroxylation is 2. The molecule has 0 aliphatic carbocycles. The molecule has 98 valence electrons. The van der Waals surface area contributed by atoms with E-state index in [9.17, 15) is 9.90 Å². The predicted molar refractivity (Wildman–Crippen MR) is 67.2 cm³/mol. The first-order valence-corrected chi connectivity index (χ1v) is 5.81. The number of rotatable bonds is 5. The maximum Gasteiger partial charge on any atom is 0.329 e. The molecule has 2 N–H and O–H groups in total. The zero-order valence-corrected chi connectivity index (χ0v) is 11.1. The van der Waals surface area contributed by atoms with Crippen molar-refractivity contribution in [3.63, 3.8) is 0 Å². The highest BCUT2D eigenvalue weighted by atomic mass is 16.4. The van der Waals surface area contributed by atoms with Gasteiger partial charge in [0.15, 0.2) is 0 Å². The molecule has 1 atom stereocenters. The van der Waals surface area contributed by atoms with E-state index in [1.54, 1.807) is 20.9 Å². The van der Waals surface area contributed by atoms with Gasteiger partial charge in [0.05, 0.1) is 5.69 Å². The van der Waals surface area contributed by atoms with Gasteiger partial charge in [-0.1, -0.05) is 13.3 Å². The molecule has 1 heterocycles. The normalized spacial score (nSPS) is 13.7. The fraction of sp³-hybridized carbons (Fsp3) is 0.583. The summed E-state index contributed by atoms with van der Waals surface area (Å²) in [4.78, 5) is 11.4. The summed E-state index contributed by atoms with van der Waals surface area (Å²) in [5.74, 6) is -0.486. The number of aromatic nitrogens is 2. The summed E-state index contributed by atoms with van der Waals surface area (Å²) in [7, 11) is 1.68. The molecule has 0 bridgehead atoms. The standard InChI is InChI=1S/C12H18N4O2/c1-5-6-12(3,11(17)18)14-10-9(7-13)8(2)15-16(10)4/h14H,5-6H2,1-4H3,(H,17,18). The van der Waals surface area contributed by atoms with Gasteiger partial charge in [0.1, 0.15) is 23.0 Å². The lowest BCUT2D eigenvalue weighted by molar-refractivity contribution is -0.142. The van der Waals surface area contributed by atoms with Gasteiger partial charge < -0.3 is 10.4 Å². The van der Waals surface area contributed by atoms with Gasteiger partial charge in [-0.3, -0.25) is 4.68 Å². The number of nitrogens with one attached hydrogen (secondary N) is 1. The second kappa shape index (κ2) is 5.08. The molecule has 1 rings (SSSR count). The highest BCUT2D eigenvalue weighted by Gasteiger charge is 2.34. The van der Waals surface area contributed by atoms with Crippen molar-refractivity contribution in [3.8, 4) is 6.07 Å². The summed E-state index contributed by atoms with van der Waals surface area (Å²) in [6.45, 7) is 5.26. The van der Waals surface area contributed by atoms with Crippen LogP contribution in [-0.2, 0) is 11.8 Å². The number of carboxylic acid groups (broad SMARTS) is 1. The van der Waals surface area contributed by atoms with Crippen molar-refractivity contribution in [2.24, 2.45) is 7.05 Å². The SMILES string of the molecule is CCCC(C)(Nc1c(C#N)c(C)nn1C)C(=O)O. The Morgan fingerprint density at radius 3 is 2.72 bits per heavy atom. The zero-order valence-electron chi connectivity index (χ0n) is 11.1. The Labute approximate surface area is 106 Å². The lowest BCUT2D eigenvalue weighted by Crippen LogP contribution is -2.44. The summed E-state index contributed by atoms with van der Waals surface area (Å²) in [5.41, 5.74) is -0.117. The number of nitrogens with zero attached hydrogens (tertiary/aromatic N) is 3. The van der Waals surface area contributed by atoms with E-state index in [0.29, 0.717) is 23.5 Å². The van der Waals surface area contributed by atoms with Gasteiger partial charge in [-0.25, -0.2) is 4.79 Å². The lowest BCUT2D eigenvalue weighted by atomic mass is 9.96. The van der Waals surface area contributed by atoms with E-state index in [4.69, 9.17) is 5.26 Å². The molecule has 0 aliphatic rings. The lowest BCUT2D eigenvalue weighted by Gasteiger charge is -2.27. The van der Waals surface area contributed by atoms with Crippen molar-refractivity contribution in [1.29, 1.82) is 5.26 Å². The molecule has 0 radical (unpaired) electrons. The van der Waals surface area contributed by atoms with Crippen LogP contribution in [0.15, 0.2) is 0 Å². The number of carboxylic acids is 1. The molecule has 0 saturated carbocycles. The number of hydrogen-bond donors (Lipinski definition) is 2. The van der Waals surface area contributed by atoms with Crippen LogP contribution in [-0.4, -0.2) is 26.4 Å². The first-order chi connectivity index (χ1) is 8.35. The van der Waals surface area contributed by atoms with Crippen LogP contribution in [0.1, 0.15) is 37.9 Å². The van der Waals surface area contributed by atoms with Gasteiger partial charge in [-0.15, -0.1) is 0 Å². The van der Waals surface area contributed by atoms with E-state index in [2.05, 4.69) is 10.4 Å². The summed E-state index contributed by atoms with van der Waals surface area (Å²) in [5, 5.41) is 25.5. The monoisotopic (exact) mass is 250 g/mol. The molecule has 0 aliphatic heterocycles. The van der Waals surface area contributed by atoms with Gasteiger partial charge in [0.2, 0.25) is 0 Å². The molecule has 1 unspecified atom stereocenters. The van der Waals surface area contributed by atoms with Gasteiger partial charge in [-0.05, 0) is 20.3 Å². The minimum absolute atomic E-state index is 0.390. The number of nitriles is 1. The number of anilines is 1. The molecule has 0 aromatic carbocycles. The van der Waals surface area contributed by atoms with Crippen LogP contribution >= 0.6 is 0 Å². The Morgan fingerprint density at radius 2 is 2.28 bits per heavy atom. The van der Waals surface area contributed by atoms with Gasteiger partial charge >= 0.3 is 5.97 Å². The Hall–Kier alpha value is -2.03. The maximum absolute atomic E-state index is 11.4. The van der Waals surface area contributed by atoms with Crippen LogP contribution in [0.3, 0.4) is 0 Å². The molecular formula is C12H18N4O2. The molecule has 1 aromatic rings. The number of hydrogen-bond acceptors (Lipinski definition) is 4. The minimum Gasteiger partial charge on any atom is -0.480 e. The van der Waals surface area contributed by atoms with E-state index >= 15 is 0 Å². The third-order valence-electron chi connectivity index (χ3n) is 2.95. The molecule has 0 saturated heterocycles. The highest BCUT2D eigenvalue weighted by Crippen LogP contribution is 2.24. The van der Waals surface area contributed by atoms with Crippen LogP contribution in [0.2, 0.25) is 0 Å². The van der Waals surface area contributed by atoms with E-state index in [0.717, 1.165) is 6.42 Å². The van der Waals surface area contributed by atoms with E-state index in [1.165, 1.54) is 4.68 Å². The molecule has 0 amide bonds. The summed E-state index contributed by atoms with van der Waals surface area (Å²) in [6, 6.07) is 2.05. The predicted octanol–water partition coefficient (Wildman–Crippen LogP) is 1.66. The Morgan fingerprint density at radius 1 is 1.67 bits per heavy atom. The summed E-state index contributed by atoms with van der Waals surface area (Å²) in [6.07, 6.45) is 1.20. The van der Waals surface area contributed by atoms with Gasteiger partial charge in [0, 0.05) is 7.05 Å². The van der Waals surface area contributed by atoms with Crippen LogP contribution in [0, 0.1) is 18.3 Å². The van der Waals surface area contributed by atoms with Crippen molar-refractivity contribution in [3.05, 3.63) is 11.3 Å². The summed E-state index contributed by atoms with van der Waals surface area (Å²) >= 11 is 0. The quantitative estimate of drug-likeness (QED) is 0.829. The number of carbonyl (C=O) groups is 1. The van der Waals surface area contributed by atoms with Crippen LogP contribution < -0.4 is 5.32 Å². The van der Waals surface area contributed by atoms with Crippen LogP contribution in [0.5, 0.6) is 0 Å². The second-order valence-electron chi connectivity index (χ2n) is 4.56. The Balaban J connectivity index is 3.17. The molecule has 0 spiro atoms. The van der Waals surface area contributed by atoms with E-state index < -0.39 is 11.5 Å². The topological polar surface area (TPSA) is 90.9 Å². The molecule has 6 heteroatoms. The van der Waals surface area contributed by atoms with Crippen LogP contribution in [0.4, 0.5) is 5.82 Å². The third-order valence-corrected chi connectivity index (χ3v) is 2.95. The summed E-state index contributed by atoms with van der Waals surface area (Å²) < 4.78 is 1.50. The van der Waals surface area contributed by atoms with Crippen molar-refractivity contribution in [1.82, 2.24) is 9.78 Å². The average molecular weight is 250 g/mol. The average Bonchev–Trinajstić information content (AvgIpc) is 2.53. The van der Waals surface area contributed by atoms with Crippen molar-refractivity contribution in [2.75, 3.05) is 5.32 Å². The van der Waals surface area contributed by atoms with E-state index in [-0.39, 0.29) is 0 Å². The fourth-order valence-electron chi connectivity index (χ4n) is 1.92. The fourth-order valence-corrected chi connectivity index (χ4v) is 1.92. The van der Waals surface area contributed by atoms with E-state index in [1.807, 2.05) is 13.0 Å². The Kier molecular flexibility index (Phi) is 3.96. The third kappa shape index (κ3) is 2.45. The smallest absolute Gasteiger partial charge is 0.329 e.